The van der Waals surface area contributed by atoms with Crippen molar-refractivity contribution in [3.05, 3.63) is 22.2 Å². The molecule has 102 valence electrons. The summed E-state index contributed by atoms with van der Waals surface area (Å²) in [4.78, 5) is 2.08. The van der Waals surface area contributed by atoms with Gasteiger partial charge in [-0.15, -0.1) is 0 Å². The van der Waals surface area contributed by atoms with E-state index in [0.29, 0.717) is 11.5 Å². The molecule has 1 aromatic rings. The zero-order valence-corrected chi connectivity index (χ0v) is 12.8. The first kappa shape index (κ1) is 15.3. The number of benzene rings is 1. The predicted molar refractivity (Wildman–Crippen MR) is 75.3 cm³/mol. The second kappa shape index (κ2) is 6.97. The van der Waals surface area contributed by atoms with Crippen LogP contribution in [0.2, 0.25) is 0 Å². The van der Waals surface area contributed by atoms with Gasteiger partial charge in [-0.3, -0.25) is 4.90 Å². The molecule has 0 aliphatic heterocycles. The molecule has 0 fully saturated rings. The molecular formula is C13H20BrNO3. The Labute approximate surface area is 117 Å². The summed E-state index contributed by atoms with van der Waals surface area (Å²) in [5, 5.41) is 9.14. The van der Waals surface area contributed by atoms with Gasteiger partial charge in [-0.2, -0.15) is 0 Å². The van der Waals surface area contributed by atoms with Crippen LogP contribution in [0.1, 0.15) is 12.5 Å². The van der Waals surface area contributed by atoms with Crippen molar-refractivity contribution >= 4 is 15.9 Å². The van der Waals surface area contributed by atoms with Gasteiger partial charge in [-0.05, 0) is 41.5 Å². The third-order valence-corrected chi connectivity index (χ3v) is 3.87. The Bertz CT molecular complexity index is 398. The third kappa shape index (κ3) is 3.37. The van der Waals surface area contributed by atoms with E-state index in [4.69, 9.17) is 14.6 Å². The van der Waals surface area contributed by atoms with Crippen LogP contribution < -0.4 is 9.47 Å². The van der Waals surface area contributed by atoms with Crippen LogP contribution in [0.4, 0.5) is 0 Å². The van der Waals surface area contributed by atoms with Crippen molar-refractivity contribution in [2.45, 2.75) is 19.5 Å². The summed E-state index contributed by atoms with van der Waals surface area (Å²) < 4.78 is 11.5. The van der Waals surface area contributed by atoms with E-state index in [1.165, 1.54) is 0 Å². The van der Waals surface area contributed by atoms with Crippen LogP contribution in [0.15, 0.2) is 16.6 Å². The fraction of sp³-hybridized carbons (Fsp3) is 0.538. The Morgan fingerprint density at radius 1 is 1.33 bits per heavy atom. The van der Waals surface area contributed by atoms with Crippen LogP contribution in [0.25, 0.3) is 0 Å². The van der Waals surface area contributed by atoms with Gasteiger partial charge in [0.25, 0.3) is 0 Å². The second-order valence-corrected chi connectivity index (χ2v) is 5.01. The van der Waals surface area contributed by atoms with Crippen molar-refractivity contribution in [3.63, 3.8) is 0 Å². The number of hydrogen-bond donors (Lipinski definition) is 1. The normalized spacial score (nSPS) is 12.6. The summed E-state index contributed by atoms with van der Waals surface area (Å²) >= 11 is 3.54. The number of aliphatic hydroxyl groups is 1. The van der Waals surface area contributed by atoms with Crippen molar-refractivity contribution in [2.75, 3.05) is 27.9 Å². The minimum absolute atomic E-state index is 0.116. The molecule has 0 radical (unpaired) electrons. The van der Waals surface area contributed by atoms with Crippen LogP contribution in [0, 0.1) is 0 Å². The highest BCUT2D eigenvalue weighted by atomic mass is 79.9. The summed E-state index contributed by atoms with van der Waals surface area (Å²) in [6, 6.07) is 3.99. The minimum Gasteiger partial charge on any atom is -0.493 e. The van der Waals surface area contributed by atoms with E-state index in [2.05, 4.69) is 20.8 Å². The topological polar surface area (TPSA) is 41.9 Å². The Hall–Kier alpha value is -0.780. The van der Waals surface area contributed by atoms with Gasteiger partial charge in [0.15, 0.2) is 11.5 Å². The maximum atomic E-state index is 9.14. The Kier molecular flexibility index (Phi) is 5.91. The molecule has 1 rings (SSSR count). The maximum absolute atomic E-state index is 9.14. The van der Waals surface area contributed by atoms with Gasteiger partial charge in [-0.1, -0.05) is 6.07 Å². The number of halogens is 1. The van der Waals surface area contributed by atoms with E-state index in [-0.39, 0.29) is 12.6 Å². The molecule has 0 saturated carbocycles. The molecule has 18 heavy (non-hydrogen) atoms. The van der Waals surface area contributed by atoms with Crippen LogP contribution in [-0.4, -0.2) is 43.9 Å². The standard InChI is InChI=1S/C13H20BrNO3/c1-9(8-16)15(2)7-10-5-6-11(17-3)13(18-4)12(10)14/h5-6,9,16H,7-8H2,1-4H3. The molecule has 0 aromatic heterocycles. The molecular weight excluding hydrogens is 298 g/mol. The number of methoxy groups -OCH3 is 2. The SMILES string of the molecule is COc1ccc(CN(C)C(C)CO)c(Br)c1OC. The number of nitrogens with zero attached hydrogens (tertiary/aromatic N) is 1. The number of hydrogen-bond acceptors (Lipinski definition) is 4. The molecule has 1 N–H and O–H groups in total. The van der Waals surface area contributed by atoms with Crippen molar-refractivity contribution in [3.8, 4) is 11.5 Å². The molecule has 0 aliphatic rings. The van der Waals surface area contributed by atoms with Gasteiger partial charge in [0.05, 0.1) is 25.3 Å². The minimum atomic E-state index is 0.116. The van der Waals surface area contributed by atoms with E-state index in [1.54, 1.807) is 14.2 Å². The van der Waals surface area contributed by atoms with Crippen molar-refractivity contribution in [1.29, 1.82) is 0 Å². The van der Waals surface area contributed by atoms with Gasteiger partial charge in [0.2, 0.25) is 0 Å². The highest BCUT2D eigenvalue weighted by Crippen LogP contribution is 2.37. The number of likely N-dealkylation sites (N-methyl/N-ethyl adjacent to an activating group) is 1. The molecule has 5 heteroatoms. The van der Waals surface area contributed by atoms with Crippen LogP contribution in [-0.2, 0) is 6.54 Å². The number of rotatable bonds is 6. The van der Waals surface area contributed by atoms with Gasteiger partial charge in [0, 0.05) is 12.6 Å². The van der Waals surface area contributed by atoms with Gasteiger partial charge >= 0.3 is 0 Å². The Balaban J connectivity index is 2.97. The smallest absolute Gasteiger partial charge is 0.175 e. The Morgan fingerprint density at radius 2 is 2.00 bits per heavy atom. The van der Waals surface area contributed by atoms with Gasteiger partial charge < -0.3 is 14.6 Å². The fourth-order valence-electron chi connectivity index (χ4n) is 1.62. The van der Waals surface area contributed by atoms with Crippen molar-refractivity contribution in [1.82, 2.24) is 4.90 Å². The van der Waals surface area contributed by atoms with E-state index in [1.807, 2.05) is 26.1 Å². The monoisotopic (exact) mass is 317 g/mol. The highest BCUT2D eigenvalue weighted by molar-refractivity contribution is 9.10. The lowest BCUT2D eigenvalue weighted by atomic mass is 10.1. The van der Waals surface area contributed by atoms with E-state index in [0.717, 1.165) is 16.6 Å². The average molecular weight is 318 g/mol. The largest absolute Gasteiger partial charge is 0.493 e. The summed E-state index contributed by atoms with van der Waals surface area (Å²) in [6.45, 7) is 2.85. The summed E-state index contributed by atoms with van der Waals surface area (Å²) in [6.07, 6.45) is 0. The lowest BCUT2D eigenvalue weighted by molar-refractivity contribution is 0.153. The maximum Gasteiger partial charge on any atom is 0.175 e. The van der Waals surface area contributed by atoms with Crippen molar-refractivity contribution < 1.29 is 14.6 Å². The van der Waals surface area contributed by atoms with Gasteiger partial charge in [-0.25, -0.2) is 0 Å². The first-order valence-electron chi connectivity index (χ1n) is 5.75. The van der Waals surface area contributed by atoms with Crippen molar-refractivity contribution in [2.24, 2.45) is 0 Å². The van der Waals surface area contributed by atoms with Crippen LogP contribution >= 0.6 is 15.9 Å². The number of ether oxygens (including phenoxy) is 2. The zero-order chi connectivity index (χ0) is 13.7. The van der Waals surface area contributed by atoms with E-state index in [9.17, 15) is 0 Å². The first-order valence-corrected chi connectivity index (χ1v) is 6.54. The second-order valence-electron chi connectivity index (χ2n) is 4.22. The molecule has 1 aromatic carbocycles. The molecule has 0 aliphatic carbocycles. The highest BCUT2D eigenvalue weighted by Gasteiger charge is 2.15. The third-order valence-electron chi connectivity index (χ3n) is 3.00. The number of aliphatic hydroxyl groups excluding tert-OH is 1. The molecule has 0 heterocycles. The molecule has 0 spiro atoms. The average Bonchev–Trinajstić information content (AvgIpc) is 2.39. The zero-order valence-electron chi connectivity index (χ0n) is 11.2. The predicted octanol–water partition coefficient (Wildman–Crippen LogP) is 2.28. The summed E-state index contributed by atoms with van der Waals surface area (Å²) in [5.41, 5.74) is 1.09. The molecule has 1 atom stereocenters. The summed E-state index contributed by atoms with van der Waals surface area (Å²) in [5.74, 6) is 1.39. The molecule has 0 amide bonds. The first-order chi connectivity index (χ1) is 8.54. The van der Waals surface area contributed by atoms with Gasteiger partial charge in [0.1, 0.15) is 0 Å². The van der Waals surface area contributed by atoms with E-state index >= 15 is 0 Å². The van der Waals surface area contributed by atoms with E-state index < -0.39 is 0 Å². The van der Waals surface area contributed by atoms with Crippen LogP contribution in [0.3, 0.4) is 0 Å². The molecule has 1 unspecified atom stereocenters. The Morgan fingerprint density at radius 3 is 2.50 bits per heavy atom. The fourth-order valence-corrected chi connectivity index (χ4v) is 2.23. The summed E-state index contributed by atoms with van der Waals surface area (Å²) in [7, 11) is 5.21. The molecule has 0 bridgehead atoms. The lowest BCUT2D eigenvalue weighted by Crippen LogP contribution is -2.31. The lowest BCUT2D eigenvalue weighted by Gasteiger charge is -2.24. The molecule has 4 nitrogen and oxygen atoms in total. The molecule has 0 saturated heterocycles. The van der Waals surface area contributed by atoms with Crippen LogP contribution in [0.5, 0.6) is 11.5 Å². The quantitative estimate of drug-likeness (QED) is 0.874.